The molecule has 0 radical (unpaired) electrons. The van der Waals surface area contributed by atoms with Gasteiger partial charge in [-0.05, 0) is 41.7 Å². The fraction of sp³-hybridized carbons (Fsp3) is 0.217. The predicted molar refractivity (Wildman–Crippen MR) is 120 cm³/mol. The Morgan fingerprint density at radius 3 is 2.38 bits per heavy atom. The van der Waals surface area contributed by atoms with E-state index in [2.05, 4.69) is 5.10 Å². The highest BCUT2D eigenvalue weighted by Crippen LogP contribution is 2.24. The van der Waals surface area contributed by atoms with Gasteiger partial charge in [-0.1, -0.05) is 53.5 Å². The van der Waals surface area contributed by atoms with Crippen LogP contribution in [0.4, 0.5) is 0 Å². The fourth-order valence-electron chi connectivity index (χ4n) is 3.46. The summed E-state index contributed by atoms with van der Waals surface area (Å²) in [7, 11) is 0. The van der Waals surface area contributed by atoms with E-state index in [4.69, 9.17) is 23.2 Å². The van der Waals surface area contributed by atoms with Gasteiger partial charge in [-0.15, -0.1) is 0 Å². The topological polar surface area (TPSA) is 109 Å². The molecule has 0 aliphatic heterocycles. The van der Waals surface area contributed by atoms with Crippen LogP contribution in [0.5, 0.6) is 0 Å². The quantitative estimate of drug-likeness (QED) is 0.406. The summed E-state index contributed by atoms with van der Waals surface area (Å²) < 4.78 is 1.22. The molecule has 0 saturated carbocycles. The first kappa shape index (κ1) is 23.5. The van der Waals surface area contributed by atoms with E-state index in [0.29, 0.717) is 16.5 Å². The van der Waals surface area contributed by atoms with E-state index in [1.165, 1.54) is 10.7 Å². The van der Waals surface area contributed by atoms with Crippen LogP contribution < -0.4 is 0 Å². The minimum atomic E-state index is -1.23. The van der Waals surface area contributed by atoms with Crippen molar-refractivity contribution in [1.82, 2.24) is 9.78 Å². The maximum absolute atomic E-state index is 12.9. The largest absolute Gasteiger partial charge is 0.481 e. The summed E-state index contributed by atoms with van der Waals surface area (Å²) in [4.78, 5) is 35.9. The number of halogens is 2. The van der Waals surface area contributed by atoms with E-state index < -0.39 is 23.6 Å². The molecule has 0 spiro atoms. The summed E-state index contributed by atoms with van der Waals surface area (Å²) in [5, 5.41) is 24.0. The average Bonchev–Trinajstić information content (AvgIpc) is 3.13. The van der Waals surface area contributed by atoms with Crippen LogP contribution in [-0.4, -0.2) is 37.7 Å². The number of hydrogen-bond donors (Lipinski definition) is 2. The third kappa shape index (κ3) is 6.18. The highest BCUT2D eigenvalue weighted by molar-refractivity contribution is 6.31. The molecule has 1 aromatic heterocycles. The predicted octanol–water partition coefficient (Wildman–Crippen LogP) is 4.84. The SMILES string of the molecule is O=C(O)CC(CC(=O)c1cc(C(=O)O)n(Cc2cccc(Cl)c2)n1)Cc1ccccc1Cl. The minimum Gasteiger partial charge on any atom is -0.481 e. The van der Waals surface area contributed by atoms with E-state index in [0.717, 1.165) is 11.1 Å². The molecular formula is C23H20Cl2N2O5. The van der Waals surface area contributed by atoms with Crippen molar-refractivity contribution in [3.05, 3.63) is 87.2 Å². The molecule has 1 unspecified atom stereocenters. The van der Waals surface area contributed by atoms with Crippen LogP contribution in [0.1, 0.15) is 44.9 Å². The zero-order valence-electron chi connectivity index (χ0n) is 16.9. The summed E-state index contributed by atoms with van der Waals surface area (Å²) >= 11 is 12.2. The van der Waals surface area contributed by atoms with Crippen LogP contribution in [0.3, 0.4) is 0 Å². The molecule has 32 heavy (non-hydrogen) atoms. The van der Waals surface area contributed by atoms with Gasteiger partial charge >= 0.3 is 11.9 Å². The Morgan fingerprint density at radius 1 is 0.969 bits per heavy atom. The second-order valence-corrected chi connectivity index (χ2v) is 8.24. The van der Waals surface area contributed by atoms with Crippen molar-refractivity contribution in [3.8, 4) is 0 Å². The summed E-state index contributed by atoms with van der Waals surface area (Å²) in [5.74, 6) is -3.22. The normalized spacial score (nSPS) is 11.8. The molecule has 0 aliphatic rings. The Bertz CT molecular complexity index is 1160. The van der Waals surface area contributed by atoms with Crippen LogP contribution in [0, 0.1) is 5.92 Å². The Hall–Kier alpha value is -3.16. The van der Waals surface area contributed by atoms with Gasteiger partial charge in [0.05, 0.1) is 6.54 Å². The molecule has 1 heterocycles. The van der Waals surface area contributed by atoms with Gasteiger partial charge < -0.3 is 10.2 Å². The molecule has 0 aliphatic carbocycles. The molecule has 3 rings (SSSR count). The average molecular weight is 475 g/mol. The van der Waals surface area contributed by atoms with Crippen molar-refractivity contribution >= 4 is 40.9 Å². The standard InChI is InChI=1S/C23H20Cl2N2O5/c24-17-6-3-4-14(9-17)13-27-20(23(31)32)12-19(26-27)21(28)10-15(11-22(29)30)8-16-5-1-2-7-18(16)25/h1-7,9,12,15H,8,10-11,13H2,(H,29,30)(H,31,32). The molecule has 0 bridgehead atoms. The number of ketones is 1. The van der Waals surface area contributed by atoms with E-state index in [1.807, 2.05) is 0 Å². The Kier molecular flexibility index (Phi) is 7.66. The minimum absolute atomic E-state index is 0.0287. The number of rotatable bonds is 10. The van der Waals surface area contributed by atoms with Gasteiger partial charge in [0.25, 0.3) is 0 Å². The van der Waals surface area contributed by atoms with Gasteiger partial charge in [-0.3, -0.25) is 14.3 Å². The van der Waals surface area contributed by atoms with Gasteiger partial charge in [0.15, 0.2) is 5.78 Å². The molecule has 0 saturated heterocycles. The third-order valence-corrected chi connectivity index (χ3v) is 5.51. The van der Waals surface area contributed by atoms with Crippen LogP contribution in [0.15, 0.2) is 54.6 Å². The molecular weight excluding hydrogens is 455 g/mol. The molecule has 0 fully saturated rings. The van der Waals surface area contributed by atoms with Gasteiger partial charge in [0.2, 0.25) is 0 Å². The van der Waals surface area contributed by atoms with E-state index >= 15 is 0 Å². The van der Waals surface area contributed by atoms with Crippen molar-refractivity contribution < 1.29 is 24.6 Å². The zero-order valence-corrected chi connectivity index (χ0v) is 18.4. The zero-order chi connectivity index (χ0) is 23.3. The number of hydrogen-bond acceptors (Lipinski definition) is 4. The van der Waals surface area contributed by atoms with E-state index in [-0.39, 0.29) is 30.8 Å². The molecule has 9 heteroatoms. The Morgan fingerprint density at radius 2 is 1.72 bits per heavy atom. The number of nitrogens with zero attached hydrogens (tertiary/aromatic N) is 2. The number of carboxylic acid groups (broad SMARTS) is 2. The first-order chi connectivity index (χ1) is 15.2. The summed E-state index contributed by atoms with van der Waals surface area (Å²) in [6.07, 6.45) is -0.0382. The Balaban J connectivity index is 1.82. The van der Waals surface area contributed by atoms with Crippen molar-refractivity contribution in [2.24, 2.45) is 5.92 Å². The maximum atomic E-state index is 12.9. The molecule has 166 valence electrons. The first-order valence-corrected chi connectivity index (χ1v) is 10.5. The number of carbonyl (C=O) groups excluding carboxylic acids is 1. The second-order valence-electron chi connectivity index (χ2n) is 7.39. The lowest BCUT2D eigenvalue weighted by Crippen LogP contribution is -2.16. The van der Waals surface area contributed by atoms with Gasteiger partial charge in [0.1, 0.15) is 11.4 Å². The highest BCUT2D eigenvalue weighted by Gasteiger charge is 2.24. The third-order valence-electron chi connectivity index (χ3n) is 4.91. The number of aromatic nitrogens is 2. The second kappa shape index (κ2) is 10.4. The molecule has 7 nitrogen and oxygen atoms in total. The number of benzene rings is 2. The Labute approximate surface area is 194 Å². The van der Waals surface area contributed by atoms with Crippen molar-refractivity contribution in [1.29, 1.82) is 0 Å². The molecule has 2 aromatic carbocycles. The summed E-state index contributed by atoms with van der Waals surface area (Å²) in [6.45, 7) is 0.119. The number of aliphatic carboxylic acids is 1. The fourth-order valence-corrected chi connectivity index (χ4v) is 3.88. The number of carboxylic acids is 2. The summed E-state index contributed by atoms with van der Waals surface area (Å²) in [6, 6.07) is 15.1. The maximum Gasteiger partial charge on any atom is 0.354 e. The van der Waals surface area contributed by atoms with Crippen LogP contribution in [0.2, 0.25) is 10.0 Å². The first-order valence-electron chi connectivity index (χ1n) is 9.77. The molecule has 2 N–H and O–H groups in total. The van der Waals surface area contributed by atoms with E-state index in [1.54, 1.807) is 48.5 Å². The van der Waals surface area contributed by atoms with Crippen molar-refractivity contribution in [2.45, 2.75) is 25.8 Å². The smallest absolute Gasteiger partial charge is 0.354 e. The lowest BCUT2D eigenvalue weighted by Gasteiger charge is -2.14. The van der Waals surface area contributed by atoms with Crippen LogP contribution in [0.25, 0.3) is 0 Å². The highest BCUT2D eigenvalue weighted by atomic mass is 35.5. The number of aromatic carboxylic acids is 1. The molecule has 1 atom stereocenters. The monoisotopic (exact) mass is 474 g/mol. The van der Waals surface area contributed by atoms with E-state index in [9.17, 15) is 24.6 Å². The molecule has 3 aromatic rings. The summed E-state index contributed by atoms with van der Waals surface area (Å²) in [5.41, 5.74) is 1.30. The van der Waals surface area contributed by atoms with Crippen LogP contribution >= 0.6 is 23.2 Å². The van der Waals surface area contributed by atoms with Crippen molar-refractivity contribution in [2.75, 3.05) is 0 Å². The molecule has 0 amide bonds. The number of carbonyl (C=O) groups is 3. The lowest BCUT2D eigenvalue weighted by atomic mass is 9.90. The number of Topliss-reactive ketones (excluding diaryl/α,β-unsaturated/α-hetero) is 1. The van der Waals surface area contributed by atoms with Gasteiger partial charge in [-0.2, -0.15) is 5.10 Å². The lowest BCUT2D eigenvalue weighted by molar-refractivity contribution is -0.138. The van der Waals surface area contributed by atoms with Crippen molar-refractivity contribution in [3.63, 3.8) is 0 Å². The van der Waals surface area contributed by atoms with Crippen LogP contribution in [-0.2, 0) is 17.8 Å². The van der Waals surface area contributed by atoms with Gasteiger partial charge in [-0.25, -0.2) is 4.79 Å². The van der Waals surface area contributed by atoms with Gasteiger partial charge in [0, 0.05) is 29.0 Å².